The summed E-state index contributed by atoms with van der Waals surface area (Å²) in [7, 11) is 0. The maximum Gasteiger partial charge on any atom is 0.254 e. The molecule has 5 rings (SSSR count). The summed E-state index contributed by atoms with van der Waals surface area (Å²) in [5, 5.41) is 2.97. The Hall–Kier alpha value is -4.19. The van der Waals surface area contributed by atoms with Gasteiger partial charge in [-0.1, -0.05) is 60.2 Å². The van der Waals surface area contributed by atoms with Crippen molar-refractivity contribution >= 4 is 17.8 Å². The van der Waals surface area contributed by atoms with Crippen molar-refractivity contribution in [1.82, 2.24) is 14.5 Å². The van der Waals surface area contributed by atoms with Crippen LogP contribution in [-0.4, -0.2) is 38.9 Å². The highest BCUT2D eigenvalue weighted by Crippen LogP contribution is 2.29. The molecule has 6 nitrogen and oxygen atoms in total. The second kappa shape index (κ2) is 9.58. The molecule has 35 heavy (non-hydrogen) atoms. The van der Waals surface area contributed by atoms with Crippen LogP contribution in [0.3, 0.4) is 0 Å². The molecule has 0 unspecified atom stereocenters. The maximum atomic E-state index is 13.2. The maximum absolute atomic E-state index is 13.2. The fourth-order valence-corrected chi connectivity index (χ4v) is 4.12. The second-order valence-corrected chi connectivity index (χ2v) is 9.10. The molecule has 0 bridgehead atoms. The van der Waals surface area contributed by atoms with Gasteiger partial charge in [-0.3, -0.25) is 19.5 Å². The molecular weight excluding hydrogens is 436 g/mol. The third kappa shape index (κ3) is 5.17. The Labute approximate surface area is 205 Å². The largest absolute Gasteiger partial charge is 0.326 e. The Balaban J connectivity index is 1.41. The Kier molecular flexibility index (Phi) is 6.19. The Morgan fingerprint density at radius 3 is 2.37 bits per heavy atom. The van der Waals surface area contributed by atoms with Gasteiger partial charge in [-0.25, -0.2) is 4.98 Å². The van der Waals surface area contributed by atoms with Crippen LogP contribution in [0, 0.1) is 13.8 Å². The van der Waals surface area contributed by atoms with Gasteiger partial charge >= 0.3 is 0 Å². The molecule has 1 N–H and O–H groups in total. The SMILES string of the molecule is Cc1ccc(C(=O)N(CC(=O)Nc2nc(-c3ccccc3)cn2-c2cccc(C)c2)C2CC2)cc1. The van der Waals surface area contributed by atoms with E-state index in [9.17, 15) is 9.59 Å². The van der Waals surface area contributed by atoms with E-state index in [4.69, 9.17) is 4.98 Å². The van der Waals surface area contributed by atoms with Crippen LogP contribution in [0.15, 0.2) is 85.1 Å². The van der Waals surface area contributed by atoms with Crippen LogP contribution >= 0.6 is 0 Å². The number of anilines is 1. The van der Waals surface area contributed by atoms with Crippen LogP contribution in [0.5, 0.6) is 0 Å². The summed E-state index contributed by atoms with van der Waals surface area (Å²) in [4.78, 5) is 32.8. The summed E-state index contributed by atoms with van der Waals surface area (Å²) in [6, 6.07) is 25.5. The molecule has 3 aromatic carbocycles. The highest BCUT2D eigenvalue weighted by atomic mass is 16.2. The molecule has 1 aliphatic carbocycles. The van der Waals surface area contributed by atoms with Gasteiger partial charge in [-0.05, 0) is 56.5 Å². The predicted molar refractivity (Wildman–Crippen MR) is 138 cm³/mol. The third-order valence-corrected chi connectivity index (χ3v) is 6.17. The summed E-state index contributed by atoms with van der Waals surface area (Å²) in [5.74, 6) is 0.0455. The molecule has 0 saturated heterocycles. The van der Waals surface area contributed by atoms with Crippen molar-refractivity contribution < 1.29 is 9.59 Å². The molecule has 0 spiro atoms. The number of aryl methyl sites for hydroxylation is 2. The zero-order chi connectivity index (χ0) is 24.4. The van der Waals surface area contributed by atoms with Crippen molar-refractivity contribution in [2.75, 3.05) is 11.9 Å². The first kappa shape index (κ1) is 22.6. The van der Waals surface area contributed by atoms with Gasteiger partial charge in [0.2, 0.25) is 11.9 Å². The number of aromatic nitrogens is 2. The molecule has 0 aliphatic heterocycles. The Bertz CT molecular complexity index is 1360. The van der Waals surface area contributed by atoms with E-state index in [1.54, 1.807) is 4.90 Å². The average Bonchev–Trinajstić information content (AvgIpc) is 3.62. The molecule has 1 fully saturated rings. The van der Waals surface area contributed by atoms with Crippen molar-refractivity contribution in [3.8, 4) is 16.9 Å². The van der Waals surface area contributed by atoms with Gasteiger partial charge in [0.25, 0.3) is 5.91 Å². The van der Waals surface area contributed by atoms with Crippen molar-refractivity contribution in [3.05, 3.63) is 102 Å². The number of nitrogens with zero attached hydrogens (tertiary/aromatic N) is 3. The highest BCUT2D eigenvalue weighted by molar-refractivity contribution is 5.99. The van der Waals surface area contributed by atoms with Crippen LogP contribution in [-0.2, 0) is 4.79 Å². The Morgan fingerprint density at radius 1 is 0.943 bits per heavy atom. The number of hydrogen-bond acceptors (Lipinski definition) is 3. The molecular formula is C29H28N4O2. The molecule has 0 atom stereocenters. The van der Waals surface area contributed by atoms with E-state index >= 15 is 0 Å². The molecule has 1 saturated carbocycles. The van der Waals surface area contributed by atoms with Gasteiger partial charge in [0, 0.05) is 29.1 Å². The molecule has 2 amide bonds. The van der Waals surface area contributed by atoms with Crippen LogP contribution in [0.4, 0.5) is 5.95 Å². The van der Waals surface area contributed by atoms with Crippen molar-refractivity contribution in [2.45, 2.75) is 32.7 Å². The molecule has 4 aromatic rings. The number of amides is 2. The minimum atomic E-state index is -0.267. The number of benzene rings is 3. The second-order valence-electron chi connectivity index (χ2n) is 9.10. The van der Waals surface area contributed by atoms with E-state index in [1.807, 2.05) is 103 Å². The van der Waals surface area contributed by atoms with Gasteiger partial charge in [-0.2, -0.15) is 0 Å². The van der Waals surface area contributed by atoms with Gasteiger partial charge in [0.05, 0.1) is 5.69 Å². The summed E-state index contributed by atoms with van der Waals surface area (Å²) < 4.78 is 1.89. The van der Waals surface area contributed by atoms with Crippen LogP contribution in [0.2, 0.25) is 0 Å². The first-order valence-corrected chi connectivity index (χ1v) is 11.9. The smallest absolute Gasteiger partial charge is 0.254 e. The lowest BCUT2D eigenvalue weighted by molar-refractivity contribution is -0.117. The summed E-state index contributed by atoms with van der Waals surface area (Å²) in [5.41, 5.74) is 5.43. The van der Waals surface area contributed by atoms with Crippen LogP contribution in [0.25, 0.3) is 16.9 Å². The zero-order valence-electron chi connectivity index (χ0n) is 19.9. The third-order valence-electron chi connectivity index (χ3n) is 6.17. The van der Waals surface area contributed by atoms with E-state index in [-0.39, 0.29) is 24.4 Å². The van der Waals surface area contributed by atoms with E-state index in [2.05, 4.69) is 5.32 Å². The normalized spacial score (nSPS) is 12.9. The number of imidazole rings is 1. The molecule has 1 aromatic heterocycles. The molecule has 1 heterocycles. The first-order chi connectivity index (χ1) is 17.0. The number of nitrogens with one attached hydrogen (secondary N) is 1. The lowest BCUT2D eigenvalue weighted by Crippen LogP contribution is -2.39. The van der Waals surface area contributed by atoms with Gasteiger partial charge in [-0.15, -0.1) is 0 Å². The zero-order valence-corrected chi connectivity index (χ0v) is 19.9. The first-order valence-electron chi connectivity index (χ1n) is 11.9. The van der Waals surface area contributed by atoms with E-state index < -0.39 is 0 Å². The predicted octanol–water partition coefficient (Wildman–Crippen LogP) is 5.40. The summed E-state index contributed by atoms with van der Waals surface area (Å²) in [6.45, 7) is 4.00. The van der Waals surface area contributed by atoms with Crippen LogP contribution < -0.4 is 5.32 Å². The fraction of sp³-hybridized carbons (Fsp3) is 0.207. The number of rotatable bonds is 7. The Morgan fingerprint density at radius 2 is 1.69 bits per heavy atom. The minimum absolute atomic E-state index is 0.0152. The average molecular weight is 465 g/mol. The van der Waals surface area contributed by atoms with E-state index in [0.29, 0.717) is 11.5 Å². The van der Waals surface area contributed by atoms with E-state index in [0.717, 1.165) is 40.9 Å². The van der Waals surface area contributed by atoms with E-state index in [1.165, 1.54) is 0 Å². The van der Waals surface area contributed by atoms with Gasteiger partial charge in [0.15, 0.2) is 0 Å². The standard InChI is InChI=1S/C29H28N4O2/c1-20-11-13-23(14-12-20)28(35)32(24-15-16-24)19-27(34)31-29-30-26(22-8-4-3-5-9-22)18-33(29)25-10-6-7-21(2)17-25/h3-14,17-18,24H,15-16,19H2,1-2H3,(H,30,31,34). The number of hydrogen-bond donors (Lipinski definition) is 1. The molecule has 176 valence electrons. The monoisotopic (exact) mass is 464 g/mol. The van der Waals surface area contributed by atoms with Crippen LogP contribution in [0.1, 0.15) is 34.3 Å². The fourth-order valence-electron chi connectivity index (χ4n) is 4.12. The summed E-state index contributed by atoms with van der Waals surface area (Å²) >= 11 is 0. The highest BCUT2D eigenvalue weighted by Gasteiger charge is 2.34. The number of carbonyl (C=O) groups is 2. The molecule has 0 radical (unpaired) electrons. The summed E-state index contributed by atoms with van der Waals surface area (Å²) in [6.07, 6.45) is 3.76. The van der Waals surface area contributed by atoms with Crippen molar-refractivity contribution in [2.24, 2.45) is 0 Å². The van der Waals surface area contributed by atoms with Crippen molar-refractivity contribution in [3.63, 3.8) is 0 Å². The molecule has 1 aliphatic rings. The van der Waals surface area contributed by atoms with Gasteiger partial charge < -0.3 is 4.90 Å². The lowest BCUT2D eigenvalue weighted by atomic mass is 10.1. The molecule has 6 heteroatoms. The number of carbonyl (C=O) groups excluding carboxylic acids is 2. The van der Waals surface area contributed by atoms with Gasteiger partial charge in [0.1, 0.15) is 6.54 Å². The van der Waals surface area contributed by atoms with Crippen molar-refractivity contribution in [1.29, 1.82) is 0 Å². The quantitative estimate of drug-likeness (QED) is 0.398. The topological polar surface area (TPSA) is 67.2 Å². The lowest BCUT2D eigenvalue weighted by Gasteiger charge is -2.22. The minimum Gasteiger partial charge on any atom is -0.326 e.